The number of aromatic nitrogens is 3. The molecule has 0 unspecified atom stereocenters. The van der Waals surface area contributed by atoms with Crippen LogP contribution in [0.15, 0.2) is 24.5 Å². The average Bonchev–Trinajstić information content (AvgIpc) is 2.90. The summed E-state index contributed by atoms with van der Waals surface area (Å²) in [4.78, 5) is 4.31. The van der Waals surface area contributed by atoms with Crippen LogP contribution in [0.1, 0.15) is 30.2 Å². The fourth-order valence-electron chi connectivity index (χ4n) is 1.89. The minimum Gasteiger partial charge on any atom is -0.313 e. The highest BCUT2D eigenvalue weighted by molar-refractivity contribution is 5.30. The van der Waals surface area contributed by atoms with Gasteiger partial charge in [0.2, 0.25) is 0 Å². The van der Waals surface area contributed by atoms with Crippen LogP contribution in [-0.2, 0) is 12.7 Å². The van der Waals surface area contributed by atoms with Crippen LogP contribution >= 0.6 is 0 Å². The summed E-state index contributed by atoms with van der Waals surface area (Å²) in [6.45, 7) is 5.52. The molecule has 2 heterocycles. The van der Waals surface area contributed by atoms with Gasteiger partial charge in [-0.2, -0.15) is 18.3 Å². The second kappa shape index (κ2) is 6.26. The van der Waals surface area contributed by atoms with E-state index in [4.69, 9.17) is 0 Å². The zero-order chi connectivity index (χ0) is 15.5. The van der Waals surface area contributed by atoms with E-state index in [0.29, 0.717) is 12.4 Å². The zero-order valence-corrected chi connectivity index (χ0v) is 11.9. The second-order valence-electron chi connectivity index (χ2n) is 4.76. The topological polar surface area (TPSA) is 42.7 Å². The van der Waals surface area contributed by atoms with Crippen molar-refractivity contribution in [1.82, 2.24) is 20.1 Å². The lowest BCUT2D eigenvalue weighted by molar-refractivity contribution is -0.137. The highest BCUT2D eigenvalue weighted by Gasteiger charge is 2.32. The van der Waals surface area contributed by atoms with Crippen LogP contribution < -0.4 is 5.32 Å². The van der Waals surface area contributed by atoms with Crippen LogP contribution in [0.5, 0.6) is 0 Å². The summed E-state index contributed by atoms with van der Waals surface area (Å²) in [5.74, 6) is 0.377. The number of alkyl halides is 3. The molecule has 0 radical (unpaired) electrons. The number of hydrogen-bond acceptors (Lipinski definition) is 3. The van der Waals surface area contributed by atoms with E-state index in [1.165, 1.54) is 0 Å². The molecule has 0 amide bonds. The minimum atomic E-state index is -4.39. The van der Waals surface area contributed by atoms with Crippen LogP contribution in [0, 0.1) is 6.92 Å². The molecule has 0 saturated carbocycles. The molecule has 0 saturated heterocycles. The van der Waals surface area contributed by atoms with Crippen molar-refractivity contribution in [3.63, 3.8) is 0 Å². The Bertz CT molecular complexity index is 605. The quantitative estimate of drug-likeness (QED) is 0.863. The molecule has 0 aliphatic carbocycles. The SMILES string of the molecule is CCCNCc1ccc(-n2cc(C(F)(F)F)cn2)nc1C. The Hall–Kier alpha value is -1.89. The predicted molar refractivity (Wildman–Crippen MR) is 73.1 cm³/mol. The van der Waals surface area contributed by atoms with Crippen molar-refractivity contribution in [2.24, 2.45) is 0 Å². The third-order valence-corrected chi connectivity index (χ3v) is 3.07. The van der Waals surface area contributed by atoms with Gasteiger partial charge < -0.3 is 5.32 Å². The van der Waals surface area contributed by atoms with Crippen molar-refractivity contribution in [1.29, 1.82) is 0 Å². The smallest absolute Gasteiger partial charge is 0.313 e. The molecule has 7 heteroatoms. The van der Waals surface area contributed by atoms with Crippen molar-refractivity contribution in [2.45, 2.75) is 33.0 Å². The van der Waals surface area contributed by atoms with Crippen LogP contribution in [0.25, 0.3) is 5.82 Å². The summed E-state index contributed by atoms with van der Waals surface area (Å²) in [5, 5.41) is 6.98. The molecule has 0 atom stereocenters. The zero-order valence-electron chi connectivity index (χ0n) is 11.9. The van der Waals surface area contributed by atoms with Gasteiger partial charge >= 0.3 is 6.18 Å². The van der Waals surface area contributed by atoms with E-state index in [9.17, 15) is 13.2 Å². The molecule has 2 aromatic heterocycles. The maximum Gasteiger partial charge on any atom is 0.419 e. The van der Waals surface area contributed by atoms with Crippen LogP contribution in [0.2, 0.25) is 0 Å². The van der Waals surface area contributed by atoms with Crippen molar-refractivity contribution < 1.29 is 13.2 Å². The van der Waals surface area contributed by atoms with Gasteiger partial charge in [-0.3, -0.25) is 0 Å². The molecule has 2 rings (SSSR count). The molecule has 0 aliphatic heterocycles. The molecule has 4 nitrogen and oxygen atoms in total. The Morgan fingerprint density at radius 1 is 1.29 bits per heavy atom. The fraction of sp³-hybridized carbons (Fsp3) is 0.429. The van der Waals surface area contributed by atoms with Crippen LogP contribution in [0.3, 0.4) is 0 Å². The predicted octanol–water partition coefficient (Wildman–Crippen LogP) is 3.09. The third-order valence-electron chi connectivity index (χ3n) is 3.07. The van der Waals surface area contributed by atoms with Gasteiger partial charge in [-0.05, 0) is 31.5 Å². The minimum absolute atomic E-state index is 0.377. The average molecular weight is 298 g/mol. The fourth-order valence-corrected chi connectivity index (χ4v) is 1.89. The lowest BCUT2D eigenvalue weighted by Gasteiger charge is -2.08. The summed E-state index contributed by atoms with van der Waals surface area (Å²) < 4.78 is 38.8. The second-order valence-corrected chi connectivity index (χ2v) is 4.76. The van der Waals surface area contributed by atoms with E-state index in [1.54, 1.807) is 6.07 Å². The summed E-state index contributed by atoms with van der Waals surface area (Å²) in [5.41, 5.74) is 1.02. The first kappa shape index (κ1) is 15.5. The molecule has 1 N–H and O–H groups in total. The largest absolute Gasteiger partial charge is 0.419 e. The lowest BCUT2D eigenvalue weighted by atomic mass is 10.2. The van der Waals surface area contributed by atoms with Crippen molar-refractivity contribution in [3.05, 3.63) is 41.3 Å². The molecule has 114 valence electrons. The maximum atomic E-state index is 12.6. The molecule has 2 aromatic rings. The molecular weight excluding hydrogens is 281 g/mol. The number of halogens is 3. The van der Waals surface area contributed by atoms with Crippen LogP contribution in [-0.4, -0.2) is 21.3 Å². The maximum absolute atomic E-state index is 12.6. The molecular formula is C14H17F3N4. The van der Waals surface area contributed by atoms with Gasteiger partial charge in [-0.15, -0.1) is 0 Å². The molecule has 0 fully saturated rings. The molecule has 0 bridgehead atoms. The van der Waals surface area contributed by atoms with Gasteiger partial charge in [-0.1, -0.05) is 13.0 Å². The van der Waals surface area contributed by atoms with Gasteiger partial charge in [0, 0.05) is 18.4 Å². The first-order valence-electron chi connectivity index (χ1n) is 6.71. The van der Waals surface area contributed by atoms with E-state index in [0.717, 1.165) is 41.3 Å². The number of hydrogen-bond donors (Lipinski definition) is 1. The Morgan fingerprint density at radius 3 is 2.62 bits per heavy atom. The molecule has 0 spiro atoms. The van der Waals surface area contributed by atoms with Gasteiger partial charge in [0.15, 0.2) is 5.82 Å². The standard InChI is InChI=1S/C14H17F3N4/c1-3-6-18-7-11-4-5-13(20-10(11)2)21-9-12(8-19-21)14(15,16)17/h4-5,8-9,18H,3,6-7H2,1-2H3. The Kier molecular flexibility index (Phi) is 4.62. The van der Waals surface area contributed by atoms with Gasteiger partial charge in [0.1, 0.15) is 0 Å². The number of rotatable bonds is 5. The van der Waals surface area contributed by atoms with E-state index in [1.807, 2.05) is 13.0 Å². The number of pyridine rings is 1. The first-order valence-corrected chi connectivity index (χ1v) is 6.71. The molecule has 0 aliphatic rings. The van der Waals surface area contributed by atoms with Gasteiger partial charge in [-0.25, -0.2) is 9.67 Å². The lowest BCUT2D eigenvalue weighted by Crippen LogP contribution is -2.15. The van der Waals surface area contributed by atoms with E-state index < -0.39 is 11.7 Å². The Morgan fingerprint density at radius 2 is 2.05 bits per heavy atom. The third kappa shape index (κ3) is 3.81. The molecule has 0 aromatic carbocycles. The number of aryl methyl sites for hydroxylation is 1. The van der Waals surface area contributed by atoms with E-state index in [2.05, 4.69) is 22.3 Å². The monoisotopic (exact) mass is 298 g/mol. The Labute approximate surface area is 121 Å². The van der Waals surface area contributed by atoms with Gasteiger partial charge in [0.05, 0.1) is 11.8 Å². The summed E-state index contributed by atoms with van der Waals surface area (Å²) in [6, 6.07) is 3.53. The summed E-state index contributed by atoms with van der Waals surface area (Å²) >= 11 is 0. The Balaban J connectivity index is 2.18. The van der Waals surface area contributed by atoms with E-state index in [-0.39, 0.29) is 0 Å². The normalized spacial score (nSPS) is 11.9. The number of nitrogens with zero attached hydrogens (tertiary/aromatic N) is 3. The van der Waals surface area contributed by atoms with Crippen LogP contribution in [0.4, 0.5) is 13.2 Å². The molecule has 21 heavy (non-hydrogen) atoms. The van der Waals surface area contributed by atoms with Gasteiger partial charge in [0.25, 0.3) is 0 Å². The van der Waals surface area contributed by atoms with Crippen molar-refractivity contribution >= 4 is 0 Å². The number of nitrogens with one attached hydrogen (secondary N) is 1. The first-order chi connectivity index (χ1) is 9.91. The van der Waals surface area contributed by atoms with E-state index >= 15 is 0 Å². The van der Waals surface area contributed by atoms with Crippen molar-refractivity contribution in [2.75, 3.05) is 6.54 Å². The highest BCUT2D eigenvalue weighted by atomic mass is 19.4. The summed E-state index contributed by atoms with van der Waals surface area (Å²) in [6.07, 6.45) is -1.61. The summed E-state index contributed by atoms with van der Waals surface area (Å²) in [7, 11) is 0. The van der Waals surface area contributed by atoms with Crippen molar-refractivity contribution in [3.8, 4) is 5.82 Å². The highest BCUT2D eigenvalue weighted by Crippen LogP contribution is 2.29.